The molecule has 0 radical (unpaired) electrons. The van der Waals surface area contributed by atoms with Gasteiger partial charge in [0.25, 0.3) is 0 Å². The zero-order valence-corrected chi connectivity index (χ0v) is 14.2. The largest absolute Gasteiger partial charge is 0.337 e. The van der Waals surface area contributed by atoms with E-state index in [9.17, 15) is 4.79 Å². The van der Waals surface area contributed by atoms with Crippen LogP contribution < -0.4 is 0 Å². The lowest BCUT2D eigenvalue weighted by Gasteiger charge is -2.39. The lowest BCUT2D eigenvalue weighted by molar-refractivity contribution is -0.134. The van der Waals surface area contributed by atoms with E-state index in [0.717, 1.165) is 18.4 Å². The number of nitrogens with one attached hydrogen (secondary N) is 1. The molecule has 118 valence electrons. The highest BCUT2D eigenvalue weighted by atomic mass is 35.5. The number of likely N-dealkylation sites (tertiary alicyclic amines) is 1. The van der Waals surface area contributed by atoms with E-state index in [4.69, 9.17) is 11.6 Å². The molecule has 2 aromatic rings. The summed E-state index contributed by atoms with van der Waals surface area (Å²) in [5.41, 5.74) is 1.42. The van der Waals surface area contributed by atoms with Crippen LogP contribution in [0, 0.1) is 0 Å². The highest BCUT2D eigenvalue weighted by Gasteiger charge is 2.28. The van der Waals surface area contributed by atoms with Crippen LogP contribution in [0.1, 0.15) is 33.1 Å². The molecule has 2 aromatic heterocycles. The summed E-state index contributed by atoms with van der Waals surface area (Å²) in [6, 6.07) is 2.44. The van der Waals surface area contributed by atoms with Gasteiger partial charge >= 0.3 is 0 Å². The fourth-order valence-corrected chi connectivity index (χ4v) is 3.94. The number of hydrogen-bond donors (Lipinski definition) is 1. The van der Waals surface area contributed by atoms with Crippen LogP contribution in [0.15, 0.2) is 17.4 Å². The standard InChI is InChI=1S/C15H19ClN4OS/c1-9-4-3-5-10(2)20(9)13(21)8-22-15-18-12-6-11(16)7-17-14(12)19-15/h6-7,9-10H,3-5,8H2,1-2H3,(H,17,18,19)/t9-,10-/m0/s1. The Morgan fingerprint density at radius 1 is 1.45 bits per heavy atom. The normalized spacial score (nSPS) is 22.2. The topological polar surface area (TPSA) is 61.9 Å². The number of hydrogen-bond acceptors (Lipinski definition) is 4. The fourth-order valence-electron chi connectivity index (χ4n) is 3.04. The average Bonchev–Trinajstić information content (AvgIpc) is 2.87. The predicted molar refractivity (Wildman–Crippen MR) is 89.2 cm³/mol. The number of pyridine rings is 1. The van der Waals surface area contributed by atoms with Gasteiger partial charge in [-0.2, -0.15) is 0 Å². The van der Waals surface area contributed by atoms with Crippen LogP contribution in [0.25, 0.3) is 11.2 Å². The number of thioether (sulfide) groups is 1. The minimum absolute atomic E-state index is 0.177. The lowest BCUT2D eigenvalue weighted by atomic mass is 9.98. The molecule has 1 aliphatic rings. The second kappa shape index (κ2) is 6.46. The Morgan fingerprint density at radius 2 is 2.18 bits per heavy atom. The number of carbonyl (C=O) groups excluding carboxylic acids is 1. The van der Waals surface area contributed by atoms with E-state index in [0.29, 0.717) is 33.7 Å². The summed E-state index contributed by atoms with van der Waals surface area (Å²) >= 11 is 7.33. The third-order valence-electron chi connectivity index (χ3n) is 4.10. The molecule has 2 atom stereocenters. The van der Waals surface area contributed by atoms with Crippen molar-refractivity contribution < 1.29 is 4.79 Å². The van der Waals surface area contributed by atoms with Crippen molar-refractivity contribution in [1.29, 1.82) is 0 Å². The van der Waals surface area contributed by atoms with E-state index in [1.54, 1.807) is 12.3 Å². The summed E-state index contributed by atoms with van der Waals surface area (Å²) in [5.74, 6) is 0.568. The smallest absolute Gasteiger partial charge is 0.233 e. The highest BCUT2D eigenvalue weighted by molar-refractivity contribution is 7.99. The lowest BCUT2D eigenvalue weighted by Crippen LogP contribution is -2.48. The molecule has 0 aromatic carbocycles. The molecule has 3 rings (SSSR count). The van der Waals surface area contributed by atoms with E-state index in [2.05, 4.69) is 28.8 Å². The van der Waals surface area contributed by atoms with Crippen molar-refractivity contribution in [3.05, 3.63) is 17.3 Å². The molecule has 1 fully saturated rings. The molecule has 1 N–H and O–H groups in total. The summed E-state index contributed by atoms with van der Waals surface area (Å²) in [7, 11) is 0. The van der Waals surface area contributed by atoms with Gasteiger partial charge in [0.1, 0.15) is 0 Å². The zero-order chi connectivity index (χ0) is 15.7. The van der Waals surface area contributed by atoms with Gasteiger partial charge in [0.2, 0.25) is 5.91 Å². The van der Waals surface area contributed by atoms with Crippen molar-refractivity contribution in [3.8, 4) is 0 Å². The van der Waals surface area contributed by atoms with Gasteiger partial charge in [-0.05, 0) is 39.2 Å². The Kier molecular flexibility index (Phi) is 4.59. The molecule has 7 heteroatoms. The predicted octanol–water partition coefficient (Wildman–Crippen LogP) is 3.49. The number of rotatable bonds is 3. The molecule has 22 heavy (non-hydrogen) atoms. The third-order valence-corrected chi connectivity index (χ3v) is 5.16. The Hall–Kier alpha value is -1.27. The molecule has 5 nitrogen and oxygen atoms in total. The van der Waals surface area contributed by atoms with Crippen molar-refractivity contribution in [3.63, 3.8) is 0 Å². The molecule has 0 unspecified atom stereocenters. The van der Waals surface area contributed by atoms with Crippen LogP contribution in [0.4, 0.5) is 0 Å². The number of imidazole rings is 1. The van der Waals surface area contributed by atoms with Crippen molar-refractivity contribution in [1.82, 2.24) is 19.9 Å². The number of piperidine rings is 1. The van der Waals surface area contributed by atoms with Crippen LogP contribution in [0.2, 0.25) is 5.02 Å². The summed E-state index contributed by atoms with van der Waals surface area (Å²) in [6.45, 7) is 4.26. The molecule has 1 amide bonds. The molecule has 3 heterocycles. The number of nitrogens with zero attached hydrogens (tertiary/aromatic N) is 3. The summed E-state index contributed by atoms with van der Waals surface area (Å²) in [6.07, 6.45) is 4.96. The third kappa shape index (κ3) is 3.22. The number of halogens is 1. The number of carbonyl (C=O) groups is 1. The summed E-state index contributed by atoms with van der Waals surface area (Å²) in [4.78, 5) is 26.2. The van der Waals surface area contributed by atoms with E-state index in [1.807, 2.05) is 4.90 Å². The summed E-state index contributed by atoms with van der Waals surface area (Å²) < 4.78 is 0. The Balaban J connectivity index is 1.66. The van der Waals surface area contributed by atoms with Gasteiger partial charge in [0.15, 0.2) is 10.8 Å². The average molecular weight is 339 g/mol. The first-order valence-electron chi connectivity index (χ1n) is 7.50. The van der Waals surface area contributed by atoms with Crippen LogP contribution in [-0.4, -0.2) is 43.6 Å². The van der Waals surface area contributed by atoms with Crippen molar-refractivity contribution in [2.24, 2.45) is 0 Å². The van der Waals surface area contributed by atoms with Crippen LogP contribution in [0.5, 0.6) is 0 Å². The van der Waals surface area contributed by atoms with Gasteiger partial charge < -0.3 is 9.88 Å². The molecule has 0 spiro atoms. The summed E-state index contributed by atoms with van der Waals surface area (Å²) in [5, 5.41) is 1.27. The van der Waals surface area contributed by atoms with Gasteiger partial charge in [-0.3, -0.25) is 4.79 Å². The van der Waals surface area contributed by atoms with E-state index >= 15 is 0 Å². The fraction of sp³-hybridized carbons (Fsp3) is 0.533. The second-order valence-electron chi connectivity index (χ2n) is 5.79. The first kappa shape index (κ1) is 15.6. The van der Waals surface area contributed by atoms with Crippen molar-refractivity contribution in [2.45, 2.75) is 50.4 Å². The maximum absolute atomic E-state index is 12.5. The maximum atomic E-state index is 12.5. The van der Waals surface area contributed by atoms with Gasteiger partial charge in [0.05, 0.1) is 16.3 Å². The Morgan fingerprint density at radius 3 is 2.91 bits per heavy atom. The van der Waals surface area contributed by atoms with Crippen LogP contribution >= 0.6 is 23.4 Å². The number of amides is 1. The highest BCUT2D eigenvalue weighted by Crippen LogP contribution is 2.25. The molecular weight excluding hydrogens is 320 g/mol. The number of fused-ring (bicyclic) bond motifs is 1. The van der Waals surface area contributed by atoms with Crippen molar-refractivity contribution >= 4 is 40.4 Å². The zero-order valence-electron chi connectivity index (χ0n) is 12.7. The van der Waals surface area contributed by atoms with Gasteiger partial charge in [0, 0.05) is 18.3 Å². The molecular formula is C15H19ClN4OS. The van der Waals surface area contributed by atoms with E-state index in [1.165, 1.54) is 18.2 Å². The number of H-pyrrole nitrogens is 1. The minimum Gasteiger partial charge on any atom is -0.337 e. The van der Waals surface area contributed by atoms with E-state index in [-0.39, 0.29) is 5.91 Å². The first-order chi connectivity index (χ1) is 10.5. The SMILES string of the molecule is C[C@H]1CCC[C@H](C)N1C(=O)CSc1nc2ncc(Cl)cc2[nH]1. The maximum Gasteiger partial charge on any atom is 0.233 e. The second-order valence-corrected chi connectivity index (χ2v) is 7.19. The monoisotopic (exact) mass is 338 g/mol. The van der Waals surface area contributed by atoms with Crippen LogP contribution in [0.3, 0.4) is 0 Å². The molecule has 1 saturated heterocycles. The van der Waals surface area contributed by atoms with Gasteiger partial charge in [-0.1, -0.05) is 23.4 Å². The van der Waals surface area contributed by atoms with E-state index < -0.39 is 0 Å². The molecule has 1 aliphatic heterocycles. The van der Waals surface area contributed by atoms with Gasteiger partial charge in [-0.25, -0.2) is 9.97 Å². The molecule has 0 aliphatic carbocycles. The molecule has 0 saturated carbocycles. The minimum atomic E-state index is 0.177. The Bertz CT molecular complexity index is 679. The molecule has 0 bridgehead atoms. The number of aromatic amines is 1. The first-order valence-corrected chi connectivity index (χ1v) is 8.86. The van der Waals surface area contributed by atoms with Gasteiger partial charge in [-0.15, -0.1) is 0 Å². The number of aromatic nitrogens is 3. The Labute approximate surface area is 138 Å². The quantitative estimate of drug-likeness (QED) is 0.870. The van der Waals surface area contributed by atoms with Crippen LogP contribution in [-0.2, 0) is 4.79 Å². The van der Waals surface area contributed by atoms with Crippen molar-refractivity contribution in [2.75, 3.05) is 5.75 Å².